The first-order valence-electron chi connectivity index (χ1n) is 6.87. The predicted molar refractivity (Wildman–Crippen MR) is 80.0 cm³/mol. The van der Waals surface area contributed by atoms with Gasteiger partial charge in [0.2, 0.25) is 0 Å². The van der Waals surface area contributed by atoms with E-state index in [2.05, 4.69) is 24.5 Å². The molecule has 2 amide bonds. The minimum atomic E-state index is -0.437. The van der Waals surface area contributed by atoms with Crippen LogP contribution in [0.3, 0.4) is 0 Å². The standard InChI is InChI=1S/C15H24N2O3/c1-5-11-8-7-9-12(6-2)14(11)17-15(18)16-10-13(19-3)20-4/h7-9,13H,5-6,10H2,1-4H3,(H2,16,17,18). The second-order valence-electron chi connectivity index (χ2n) is 4.39. The summed E-state index contributed by atoms with van der Waals surface area (Å²) in [5, 5.41) is 5.66. The Morgan fingerprint density at radius 3 is 2.15 bits per heavy atom. The summed E-state index contributed by atoms with van der Waals surface area (Å²) in [6.45, 7) is 4.45. The highest BCUT2D eigenvalue weighted by molar-refractivity contribution is 5.91. The second kappa shape index (κ2) is 8.55. The van der Waals surface area contributed by atoms with Crippen LogP contribution in [-0.2, 0) is 22.3 Å². The Morgan fingerprint density at radius 2 is 1.70 bits per heavy atom. The van der Waals surface area contributed by atoms with E-state index in [1.54, 1.807) is 0 Å². The molecule has 0 aliphatic heterocycles. The number of benzene rings is 1. The van der Waals surface area contributed by atoms with Crippen molar-refractivity contribution in [1.82, 2.24) is 5.32 Å². The Balaban J connectivity index is 2.70. The van der Waals surface area contributed by atoms with Gasteiger partial charge >= 0.3 is 6.03 Å². The van der Waals surface area contributed by atoms with Gasteiger partial charge in [-0.15, -0.1) is 0 Å². The van der Waals surface area contributed by atoms with E-state index in [0.717, 1.165) is 29.7 Å². The molecule has 5 heteroatoms. The number of urea groups is 1. The normalized spacial score (nSPS) is 10.7. The molecule has 0 atom stereocenters. The molecule has 1 aromatic carbocycles. The first-order chi connectivity index (χ1) is 9.65. The lowest BCUT2D eigenvalue weighted by Crippen LogP contribution is -2.37. The van der Waals surface area contributed by atoms with Crippen molar-refractivity contribution in [2.24, 2.45) is 0 Å². The van der Waals surface area contributed by atoms with Gasteiger partial charge in [0, 0.05) is 19.9 Å². The van der Waals surface area contributed by atoms with Crippen molar-refractivity contribution in [1.29, 1.82) is 0 Å². The number of amides is 2. The van der Waals surface area contributed by atoms with Crippen LogP contribution in [0.5, 0.6) is 0 Å². The number of rotatable bonds is 7. The van der Waals surface area contributed by atoms with E-state index in [1.807, 2.05) is 18.2 Å². The molecule has 0 aliphatic carbocycles. The average molecular weight is 280 g/mol. The molecule has 2 N–H and O–H groups in total. The number of aryl methyl sites for hydroxylation is 2. The lowest BCUT2D eigenvalue weighted by Gasteiger charge is -2.17. The van der Waals surface area contributed by atoms with Crippen LogP contribution in [-0.4, -0.2) is 33.1 Å². The Kier molecular flexibility index (Phi) is 7.04. The topological polar surface area (TPSA) is 59.6 Å². The highest BCUT2D eigenvalue weighted by atomic mass is 16.7. The number of hydrogen-bond acceptors (Lipinski definition) is 3. The molecule has 1 rings (SSSR count). The van der Waals surface area contributed by atoms with E-state index in [1.165, 1.54) is 14.2 Å². The first-order valence-corrected chi connectivity index (χ1v) is 6.87. The van der Waals surface area contributed by atoms with Crippen LogP contribution in [0.2, 0.25) is 0 Å². The smallest absolute Gasteiger partial charge is 0.319 e. The third-order valence-corrected chi connectivity index (χ3v) is 3.19. The summed E-state index contributed by atoms with van der Waals surface area (Å²) < 4.78 is 10.1. The SMILES string of the molecule is CCc1cccc(CC)c1NC(=O)NCC(OC)OC. The van der Waals surface area contributed by atoms with Gasteiger partial charge < -0.3 is 20.1 Å². The second-order valence-corrected chi connectivity index (χ2v) is 4.39. The highest BCUT2D eigenvalue weighted by Gasteiger charge is 2.11. The van der Waals surface area contributed by atoms with Crippen molar-refractivity contribution in [3.63, 3.8) is 0 Å². The van der Waals surface area contributed by atoms with E-state index >= 15 is 0 Å². The zero-order chi connectivity index (χ0) is 15.0. The van der Waals surface area contributed by atoms with Crippen molar-refractivity contribution in [3.05, 3.63) is 29.3 Å². The molecule has 5 nitrogen and oxygen atoms in total. The molecule has 20 heavy (non-hydrogen) atoms. The van der Waals surface area contributed by atoms with Crippen LogP contribution in [0.15, 0.2) is 18.2 Å². The highest BCUT2D eigenvalue weighted by Crippen LogP contribution is 2.22. The third kappa shape index (κ3) is 4.51. The van der Waals surface area contributed by atoms with Gasteiger partial charge in [-0.05, 0) is 24.0 Å². The zero-order valence-corrected chi connectivity index (χ0v) is 12.7. The molecule has 0 bridgehead atoms. The first kappa shape index (κ1) is 16.5. The zero-order valence-electron chi connectivity index (χ0n) is 12.7. The molecule has 0 aliphatic rings. The number of methoxy groups -OCH3 is 2. The molecular weight excluding hydrogens is 256 g/mol. The van der Waals surface area contributed by atoms with Crippen molar-refractivity contribution in [2.45, 2.75) is 33.0 Å². The van der Waals surface area contributed by atoms with E-state index in [4.69, 9.17) is 9.47 Å². The lowest BCUT2D eigenvalue weighted by molar-refractivity contribution is -0.0970. The number of nitrogens with one attached hydrogen (secondary N) is 2. The fourth-order valence-electron chi connectivity index (χ4n) is 2.00. The summed E-state index contributed by atoms with van der Waals surface area (Å²) in [7, 11) is 3.07. The summed E-state index contributed by atoms with van der Waals surface area (Å²) in [4.78, 5) is 12.0. The minimum Gasteiger partial charge on any atom is -0.354 e. The van der Waals surface area contributed by atoms with Gasteiger partial charge in [0.05, 0.1) is 6.54 Å². The Bertz CT molecular complexity index is 409. The Hall–Kier alpha value is -1.59. The number of para-hydroxylation sites is 1. The van der Waals surface area contributed by atoms with E-state index in [9.17, 15) is 4.79 Å². The molecule has 0 saturated heterocycles. The number of ether oxygens (including phenoxy) is 2. The molecule has 112 valence electrons. The van der Waals surface area contributed by atoms with E-state index < -0.39 is 6.29 Å². The van der Waals surface area contributed by atoms with Gasteiger partial charge in [-0.25, -0.2) is 4.79 Å². The van der Waals surface area contributed by atoms with Crippen molar-refractivity contribution >= 4 is 11.7 Å². The molecule has 0 unspecified atom stereocenters. The molecule has 0 saturated carbocycles. The molecule has 1 aromatic rings. The Morgan fingerprint density at radius 1 is 1.15 bits per heavy atom. The van der Waals surface area contributed by atoms with Gasteiger partial charge in [-0.2, -0.15) is 0 Å². The van der Waals surface area contributed by atoms with Gasteiger partial charge in [0.1, 0.15) is 0 Å². The van der Waals surface area contributed by atoms with Gasteiger partial charge in [0.25, 0.3) is 0 Å². The largest absolute Gasteiger partial charge is 0.354 e. The van der Waals surface area contributed by atoms with Crippen LogP contribution in [0.25, 0.3) is 0 Å². The maximum atomic E-state index is 12.0. The average Bonchev–Trinajstić information content (AvgIpc) is 2.48. The van der Waals surface area contributed by atoms with Gasteiger partial charge in [-0.1, -0.05) is 32.0 Å². The lowest BCUT2D eigenvalue weighted by atomic mass is 10.0. The monoisotopic (exact) mass is 280 g/mol. The summed E-state index contributed by atoms with van der Waals surface area (Å²) in [6, 6.07) is 5.83. The van der Waals surface area contributed by atoms with Gasteiger partial charge in [0.15, 0.2) is 6.29 Å². The van der Waals surface area contributed by atoms with Crippen LogP contribution in [0.4, 0.5) is 10.5 Å². The quantitative estimate of drug-likeness (QED) is 0.755. The van der Waals surface area contributed by atoms with Crippen LogP contribution in [0.1, 0.15) is 25.0 Å². The number of anilines is 1. The molecule has 0 aromatic heterocycles. The predicted octanol–water partition coefficient (Wildman–Crippen LogP) is 2.55. The fourth-order valence-corrected chi connectivity index (χ4v) is 2.00. The molecular formula is C15H24N2O3. The van der Waals surface area contributed by atoms with Crippen LogP contribution >= 0.6 is 0 Å². The summed E-state index contributed by atoms with van der Waals surface area (Å²) in [5.74, 6) is 0. The number of carbonyl (C=O) groups excluding carboxylic acids is 1. The summed E-state index contributed by atoms with van der Waals surface area (Å²) in [5.41, 5.74) is 3.17. The van der Waals surface area contributed by atoms with Crippen LogP contribution in [0, 0.1) is 0 Å². The summed E-state index contributed by atoms with van der Waals surface area (Å²) >= 11 is 0. The molecule has 0 heterocycles. The number of hydrogen-bond donors (Lipinski definition) is 2. The molecule has 0 fully saturated rings. The van der Waals surface area contributed by atoms with E-state index in [0.29, 0.717) is 6.54 Å². The molecule has 0 spiro atoms. The number of carbonyl (C=O) groups is 1. The Labute approximate surface area is 120 Å². The molecule has 0 radical (unpaired) electrons. The summed E-state index contributed by atoms with van der Waals surface area (Å²) in [6.07, 6.45) is 1.32. The third-order valence-electron chi connectivity index (χ3n) is 3.19. The maximum absolute atomic E-state index is 12.0. The van der Waals surface area contributed by atoms with Crippen molar-refractivity contribution < 1.29 is 14.3 Å². The van der Waals surface area contributed by atoms with Crippen molar-refractivity contribution in [3.8, 4) is 0 Å². The maximum Gasteiger partial charge on any atom is 0.319 e. The van der Waals surface area contributed by atoms with Crippen molar-refractivity contribution in [2.75, 3.05) is 26.1 Å². The van der Waals surface area contributed by atoms with Crippen LogP contribution < -0.4 is 10.6 Å². The fraction of sp³-hybridized carbons (Fsp3) is 0.533. The van der Waals surface area contributed by atoms with Gasteiger partial charge in [-0.3, -0.25) is 0 Å². The minimum absolute atomic E-state index is 0.250. The van der Waals surface area contributed by atoms with E-state index in [-0.39, 0.29) is 6.03 Å².